The Labute approximate surface area is 136 Å². The van der Waals surface area contributed by atoms with E-state index in [9.17, 15) is 0 Å². The minimum Gasteiger partial charge on any atom is -0.310 e. The van der Waals surface area contributed by atoms with Gasteiger partial charge < -0.3 is 4.85 Å². The van der Waals surface area contributed by atoms with E-state index >= 15 is 0 Å². The fraction of sp³-hybridized carbons (Fsp3) is 0.762. The van der Waals surface area contributed by atoms with Crippen LogP contribution in [-0.4, -0.2) is 5.54 Å². The van der Waals surface area contributed by atoms with Crippen molar-refractivity contribution in [2.75, 3.05) is 0 Å². The Hall–Kier alpha value is -1.03. The third kappa shape index (κ3) is 2.36. The van der Waals surface area contributed by atoms with Gasteiger partial charge in [0.05, 0.1) is 0 Å². The van der Waals surface area contributed by atoms with Crippen molar-refractivity contribution in [2.45, 2.75) is 64.8 Å². The van der Waals surface area contributed by atoms with Gasteiger partial charge in [-0.25, -0.2) is 6.57 Å². The molecule has 3 aliphatic carbocycles. The summed E-state index contributed by atoms with van der Waals surface area (Å²) >= 11 is 0. The molecular weight excluding hydrogens is 266 g/mol. The highest BCUT2D eigenvalue weighted by atomic mass is 14.8. The van der Waals surface area contributed by atoms with Crippen molar-refractivity contribution in [1.82, 2.24) is 0 Å². The lowest BCUT2D eigenvalue weighted by atomic mass is 9.46. The lowest BCUT2D eigenvalue weighted by Crippen LogP contribution is -2.55. The Morgan fingerprint density at radius 2 is 2.14 bits per heavy atom. The molecule has 0 aromatic rings. The standard InChI is InChI=1S/C21H31N/c1-13(2)11-16-12-15(4)17-9-10-21(5,22-6)18-8-7-14(3)19(16)20(17)18/h15-20H,1,3,7-12H2,2,4-5H3/t15-,16+,17+,18-,19-,20+,21+/m1/s1. The second-order valence-corrected chi connectivity index (χ2v) is 8.71. The molecule has 0 unspecified atom stereocenters. The molecule has 3 rings (SSSR count). The Morgan fingerprint density at radius 3 is 2.77 bits per heavy atom. The first-order valence-electron chi connectivity index (χ1n) is 9.08. The van der Waals surface area contributed by atoms with E-state index in [4.69, 9.17) is 6.57 Å². The number of hydrogen-bond acceptors (Lipinski definition) is 0. The zero-order valence-corrected chi connectivity index (χ0v) is 14.6. The number of rotatable bonds is 2. The molecule has 0 N–H and O–H groups in total. The first-order chi connectivity index (χ1) is 10.4. The van der Waals surface area contributed by atoms with Crippen molar-refractivity contribution in [1.29, 1.82) is 0 Å². The minimum atomic E-state index is -0.120. The maximum Gasteiger partial charge on any atom is 0.233 e. The summed E-state index contributed by atoms with van der Waals surface area (Å²) in [4.78, 5) is 4.13. The van der Waals surface area contributed by atoms with Gasteiger partial charge in [-0.05, 0) is 68.6 Å². The van der Waals surface area contributed by atoms with Gasteiger partial charge in [0.25, 0.3) is 0 Å². The molecule has 3 fully saturated rings. The Morgan fingerprint density at radius 1 is 1.41 bits per heavy atom. The lowest BCUT2D eigenvalue weighted by Gasteiger charge is -2.57. The van der Waals surface area contributed by atoms with E-state index in [0.29, 0.717) is 17.8 Å². The molecular formula is C21H31N. The summed E-state index contributed by atoms with van der Waals surface area (Å²) in [6, 6.07) is 0. The molecule has 22 heavy (non-hydrogen) atoms. The predicted molar refractivity (Wildman–Crippen MR) is 93.3 cm³/mol. The molecule has 0 aliphatic heterocycles. The van der Waals surface area contributed by atoms with E-state index in [-0.39, 0.29) is 5.54 Å². The molecule has 0 heterocycles. The van der Waals surface area contributed by atoms with E-state index in [2.05, 4.69) is 38.8 Å². The second-order valence-electron chi connectivity index (χ2n) is 8.71. The van der Waals surface area contributed by atoms with Crippen molar-refractivity contribution in [3.8, 4) is 0 Å². The van der Waals surface area contributed by atoms with Crippen LogP contribution < -0.4 is 0 Å². The van der Waals surface area contributed by atoms with E-state index in [1.165, 1.54) is 30.4 Å². The van der Waals surface area contributed by atoms with Gasteiger partial charge >= 0.3 is 0 Å². The molecule has 0 aromatic carbocycles. The van der Waals surface area contributed by atoms with Gasteiger partial charge in [-0.1, -0.05) is 24.6 Å². The van der Waals surface area contributed by atoms with Crippen LogP contribution in [0.15, 0.2) is 24.3 Å². The van der Waals surface area contributed by atoms with Crippen molar-refractivity contribution in [3.05, 3.63) is 35.7 Å². The van der Waals surface area contributed by atoms with Gasteiger partial charge in [-0.15, -0.1) is 6.58 Å². The normalized spacial score (nSPS) is 47.5. The monoisotopic (exact) mass is 297 g/mol. The molecule has 0 bridgehead atoms. The van der Waals surface area contributed by atoms with Gasteiger partial charge in [0, 0.05) is 19.3 Å². The van der Waals surface area contributed by atoms with E-state index < -0.39 is 0 Å². The van der Waals surface area contributed by atoms with Gasteiger partial charge in [0.15, 0.2) is 0 Å². The summed E-state index contributed by atoms with van der Waals surface area (Å²) in [5.41, 5.74) is 2.68. The first-order valence-corrected chi connectivity index (χ1v) is 9.08. The predicted octanol–water partition coefficient (Wildman–Crippen LogP) is 5.90. The average Bonchev–Trinajstić information content (AvgIpc) is 2.45. The third-order valence-corrected chi connectivity index (χ3v) is 7.18. The molecule has 0 radical (unpaired) electrons. The summed E-state index contributed by atoms with van der Waals surface area (Å²) in [5.74, 6) is 4.30. The molecule has 0 spiro atoms. The zero-order valence-electron chi connectivity index (χ0n) is 14.6. The molecule has 3 aliphatic rings. The van der Waals surface area contributed by atoms with Crippen LogP contribution in [0.2, 0.25) is 0 Å². The quantitative estimate of drug-likeness (QED) is 0.442. The Bertz CT molecular complexity index is 525. The van der Waals surface area contributed by atoms with Crippen LogP contribution in [0, 0.1) is 42.1 Å². The number of hydrogen-bond donors (Lipinski definition) is 0. The molecule has 0 saturated heterocycles. The van der Waals surface area contributed by atoms with Crippen LogP contribution in [0.4, 0.5) is 0 Å². The molecule has 7 atom stereocenters. The van der Waals surface area contributed by atoms with E-state index in [0.717, 1.165) is 37.0 Å². The summed E-state index contributed by atoms with van der Waals surface area (Å²) < 4.78 is 0. The fourth-order valence-corrected chi connectivity index (χ4v) is 6.26. The van der Waals surface area contributed by atoms with Crippen molar-refractivity contribution >= 4 is 0 Å². The molecule has 120 valence electrons. The van der Waals surface area contributed by atoms with Crippen molar-refractivity contribution in [2.24, 2.45) is 35.5 Å². The van der Waals surface area contributed by atoms with Gasteiger partial charge in [0.1, 0.15) is 0 Å². The van der Waals surface area contributed by atoms with E-state index in [1.807, 2.05) is 0 Å². The topological polar surface area (TPSA) is 4.36 Å². The van der Waals surface area contributed by atoms with E-state index in [1.54, 1.807) is 0 Å². The first kappa shape index (κ1) is 15.9. The van der Waals surface area contributed by atoms with Crippen LogP contribution >= 0.6 is 0 Å². The average molecular weight is 297 g/mol. The lowest BCUT2D eigenvalue weighted by molar-refractivity contribution is -0.0491. The summed E-state index contributed by atoms with van der Waals surface area (Å²) in [7, 11) is 0. The zero-order chi connectivity index (χ0) is 16.1. The summed E-state index contributed by atoms with van der Waals surface area (Å²) in [5, 5.41) is 0. The SMILES string of the molecule is [C-]#[N+][C@@]1(C)CC[C@@H]2[C@@H]3[C@H](C(=C)CC[C@H]31)[C@@H](CC(=C)C)C[C@H]2C. The molecule has 0 aromatic heterocycles. The van der Waals surface area contributed by atoms with Crippen LogP contribution in [0.5, 0.6) is 0 Å². The molecule has 3 saturated carbocycles. The van der Waals surface area contributed by atoms with Crippen LogP contribution in [0.3, 0.4) is 0 Å². The highest BCUT2D eigenvalue weighted by molar-refractivity contribution is 5.21. The Balaban J connectivity index is 1.98. The van der Waals surface area contributed by atoms with Crippen LogP contribution in [0.1, 0.15) is 59.3 Å². The number of allylic oxidation sites excluding steroid dienone is 2. The maximum absolute atomic E-state index is 7.78. The highest BCUT2D eigenvalue weighted by Gasteiger charge is 2.59. The largest absolute Gasteiger partial charge is 0.310 e. The fourth-order valence-electron chi connectivity index (χ4n) is 6.26. The molecule has 1 nitrogen and oxygen atoms in total. The molecule has 1 heteroatoms. The second kappa shape index (κ2) is 5.55. The van der Waals surface area contributed by atoms with Crippen LogP contribution in [-0.2, 0) is 0 Å². The maximum atomic E-state index is 7.78. The smallest absolute Gasteiger partial charge is 0.233 e. The van der Waals surface area contributed by atoms with Crippen LogP contribution in [0.25, 0.3) is 4.85 Å². The van der Waals surface area contributed by atoms with Gasteiger partial charge in [-0.3, -0.25) is 0 Å². The van der Waals surface area contributed by atoms with Gasteiger partial charge in [-0.2, -0.15) is 0 Å². The van der Waals surface area contributed by atoms with Crippen molar-refractivity contribution in [3.63, 3.8) is 0 Å². The van der Waals surface area contributed by atoms with Crippen molar-refractivity contribution < 1.29 is 0 Å². The Kier molecular flexibility index (Phi) is 4.00. The summed E-state index contributed by atoms with van der Waals surface area (Å²) in [6.45, 7) is 23.3. The number of nitrogens with zero attached hydrogens (tertiary/aromatic N) is 1. The highest BCUT2D eigenvalue weighted by Crippen LogP contribution is 2.61. The third-order valence-electron chi connectivity index (χ3n) is 7.18. The summed E-state index contributed by atoms with van der Waals surface area (Å²) in [6.07, 6.45) is 7.19. The minimum absolute atomic E-state index is 0.120. The van der Waals surface area contributed by atoms with Gasteiger partial charge in [0.2, 0.25) is 5.54 Å². The molecule has 0 amide bonds.